The Balaban J connectivity index is 1.51. The standard InChI is InChI=1S/C22H24N4O4S/c1-3-16-11-15(7-9-23-16)22-26-13(2)20(31-22)21(30)25-12-19(29)24-8-6-14-4-5-17(27)18(28)10-14/h4-5,7,9-11,27-28H,3,6,8,12H2,1-2H3,(H,24,29)(H,25,30). The quantitative estimate of drug-likeness (QED) is 0.399. The molecule has 9 heteroatoms. The highest BCUT2D eigenvalue weighted by molar-refractivity contribution is 7.17. The number of carbonyl (C=O) groups excluding carboxylic acids is 2. The molecule has 0 unspecified atom stereocenters. The van der Waals surface area contributed by atoms with Crippen molar-refractivity contribution in [2.75, 3.05) is 13.1 Å². The summed E-state index contributed by atoms with van der Waals surface area (Å²) in [6.45, 7) is 3.98. The Morgan fingerprint density at radius 1 is 1.10 bits per heavy atom. The van der Waals surface area contributed by atoms with Crippen LogP contribution in [0.2, 0.25) is 0 Å². The third kappa shape index (κ3) is 5.79. The molecular weight excluding hydrogens is 416 g/mol. The zero-order valence-corrected chi connectivity index (χ0v) is 18.1. The maximum atomic E-state index is 12.5. The molecule has 0 aliphatic rings. The number of nitrogens with zero attached hydrogens (tertiary/aromatic N) is 2. The fraction of sp³-hybridized carbons (Fsp3) is 0.273. The molecule has 31 heavy (non-hydrogen) atoms. The molecule has 2 heterocycles. The number of aryl methyl sites for hydroxylation is 2. The predicted octanol–water partition coefficient (Wildman–Crippen LogP) is 2.58. The van der Waals surface area contributed by atoms with Crippen molar-refractivity contribution < 1.29 is 19.8 Å². The first-order chi connectivity index (χ1) is 14.9. The molecule has 0 spiro atoms. The van der Waals surface area contributed by atoms with Gasteiger partial charge in [-0.05, 0) is 49.6 Å². The largest absolute Gasteiger partial charge is 0.504 e. The van der Waals surface area contributed by atoms with Crippen LogP contribution in [-0.4, -0.2) is 45.1 Å². The highest BCUT2D eigenvalue weighted by Crippen LogP contribution is 2.28. The summed E-state index contributed by atoms with van der Waals surface area (Å²) in [6.07, 6.45) is 3.03. The van der Waals surface area contributed by atoms with E-state index in [1.165, 1.54) is 23.5 Å². The summed E-state index contributed by atoms with van der Waals surface area (Å²) in [4.78, 5) is 33.8. The number of rotatable bonds is 8. The molecule has 8 nitrogen and oxygen atoms in total. The maximum absolute atomic E-state index is 12.5. The molecule has 3 rings (SSSR count). The van der Waals surface area contributed by atoms with E-state index in [4.69, 9.17) is 0 Å². The second-order valence-electron chi connectivity index (χ2n) is 6.93. The number of aromatic hydroxyl groups is 2. The molecule has 0 bridgehead atoms. The highest BCUT2D eigenvalue weighted by atomic mass is 32.1. The Labute approximate surface area is 184 Å². The normalized spacial score (nSPS) is 10.6. The molecule has 0 aliphatic heterocycles. The lowest BCUT2D eigenvalue weighted by atomic mass is 10.1. The number of hydrogen-bond donors (Lipinski definition) is 4. The highest BCUT2D eigenvalue weighted by Gasteiger charge is 2.17. The van der Waals surface area contributed by atoms with Crippen molar-refractivity contribution in [3.8, 4) is 22.1 Å². The summed E-state index contributed by atoms with van der Waals surface area (Å²) >= 11 is 1.28. The average molecular weight is 441 g/mol. The summed E-state index contributed by atoms with van der Waals surface area (Å²) < 4.78 is 0. The smallest absolute Gasteiger partial charge is 0.263 e. The van der Waals surface area contributed by atoms with Crippen molar-refractivity contribution in [3.63, 3.8) is 0 Å². The van der Waals surface area contributed by atoms with Crippen LogP contribution in [0.5, 0.6) is 11.5 Å². The molecule has 0 aliphatic carbocycles. The molecule has 4 N–H and O–H groups in total. The van der Waals surface area contributed by atoms with E-state index >= 15 is 0 Å². The van der Waals surface area contributed by atoms with Gasteiger partial charge in [-0.1, -0.05) is 13.0 Å². The SMILES string of the molecule is CCc1cc(-c2nc(C)c(C(=O)NCC(=O)NCCc3ccc(O)c(O)c3)s2)ccn1. The van der Waals surface area contributed by atoms with E-state index in [2.05, 4.69) is 20.6 Å². The van der Waals surface area contributed by atoms with Crippen LogP contribution in [0.15, 0.2) is 36.5 Å². The number of benzene rings is 1. The zero-order chi connectivity index (χ0) is 22.4. The van der Waals surface area contributed by atoms with Crippen molar-refractivity contribution in [1.29, 1.82) is 0 Å². The third-order valence-electron chi connectivity index (χ3n) is 4.61. The van der Waals surface area contributed by atoms with Crippen molar-refractivity contribution in [3.05, 3.63) is 58.4 Å². The number of aromatic nitrogens is 2. The molecule has 2 aromatic heterocycles. The van der Waals surface area contributed by atoms with Gasteiger partial charge in [0.15, 0.2) is 11.5 Å². The van der Waals surface area contributed by atoms with Crippen molar-refractivity contribution in [2.45, 2.75) is 26.7 Å². The monoisotopic (exact) mass is 440 g/mol. The molecule has 3 aromatic rings. The fourth-order valence-corrected chi connectivity index (χ4v) is 3.89. The number of hydrogen-bond acceptors (Lipinski definition) is 7. The summed E-state index contributed by atoms with van der Waals surface area (Å²) in [6, 6.07) is 8.33. The van der Waals surface area contributed by atoms with Crippen molar-refractivity contribution in [2.24, 2.45) is 0 Å². The van der Waals surface area contributed by atoms with Crippen molar-refractivity contribution in [1.82, 2.24) is 20.6 Å². The molecular formula is C22H24N4O4S. The molecule has 0 atom stereocenters. The first kappa shape index (κ1) is 22.2. The number of pyridine rings is 1. The van der Waals surface area contributed by atoms with Gasteiger partial charge in [-0.2, -0.15) is 0 Å². The Kier molecular flexibility index (Phi) is 7.19. The Bertz CT molecular complexity index is 1100. The van der Waals surface area contributed by atoms with E-state index in [0.717, 1.165) is 28.2 Å². The Morgan fingerprint density at radius 2 is 1.90 bits per heavy atom. The minimum atomic E-state index is -0.343. The molecule has 0 fully saturated rings. The average Bonchev–Trinajstić information content (AvgIpc) is 3.16. The minimum Gasteiger partial charge on any atom is -0.504 e. The summed E-state index contributed by atoms with van der Waals surface area (Å²) in [7, 11) is 0. The Morgan fingerprint density at radius 3 is 2.65 bits per heavy atom. The van der Waals surface area contributed by atoms with E-state index in [1.807, 2.05) is 19.1 Å². The van der Waals surface area contributed by atoms with Gasteiger partial charge in [0.2, 0.25) is 5.91 Å². The number of carbonyl (C=O) groups is 2. The number of phenolic OH excluding ortho intramolecular Hbond substituents is 2. The zero-order valence-electron chi connectivity index (χ0n) is 17.3. The lowest BCUT2D eigenvalue weighted by Crippen LogP contribution is -2.37. The summed E-state index contributed by atoms with van der Waals surface area (Å²) in [5.41, 5.74) is 3.25. The van der Waals surface area contributed by atoms with Gasteiger partial charge < -0.3 is 20.8 Å². The van der Waals surface area contributed by atoms with E-state index in [1.54, 1.807) is 19.2 Å². The minimum absolute atomic E-state index is 0.151. The van der Waals surface area contributed by atoms with Gasteiger partial charge in [0.1, 0.15) is 9.88 Å². The summed E-state index contributed by atoms with van der Waals surface area (Å²) in [5.74, 6) is -1.05. The van der Waals surface area contributed by atoms with Crippen LogP contribution in [0.4, 0.5) is 0 Å². The molecule has 2 amide bonds. The van der Waals surface area contributed by atoms with E-state index in [9.17, 15) is 19.8 Å². The van der Waals surface area contributed by atoms with Gasteiger partial charge in [-0.25, -0.2) is 4.98 Å². The first-order valence-electron chi connectivity index (χ1n) is 9.85. The molecule has 0 radical (unpaired) electrons. The van der Waals surface area contributed by atoms with Gasteiger partial charge in [0.05, 0.1) is 12.2 Å². The van der Waals surface area contributed by atoms with Crippen LogP contribution in [0, 0.1) is 6.92 Å². The van der Waals surface area contributed by atoms with E-state index in [0.29, 0.717) is 23.5 Å². The molecule has 0 saturated heterocycles. The Hall–Kier alpha value is -3.46. The van der Waals surface area contributed by atoms with Crippen LogP contribution in [0.1, 0.15) is 33.5 Å². The number of amides is 2. The summed E-state index contributed by atoms with van der Waals surface area (Å²) in [5, 5.41) is 24.9. The van der Waals surface area contributed by atoms with Crippen molar-refractivity contribution >= 4 is 23.2 Å². The van der Waals surface area contributed by atoms with Gasteiger partial charge in [0.25, 0.3) is 5.91 Å². The maximum Gasteiger partial charge on any atom is 0.263 e. The van der Waals surface area contributed by atoms with Gasteiger partial charge in [-0.3, -0.25) is 14.6 Å². The molecule has 1 aromatic carbocycles. The lowest BCUT2D eigenvalue weighted by molar-refractivity contribution is -0.120. The van der Waals surface area contributed by atoms with E-state index < -0.39 is 0 Å². The molecule has 162 valence electrons. The third-order valence-corrected chi connectivity index (χ3v) is 5.82. The second-order valence-corrected chi connectivity index (χ2v) is 7.93. The van der Waals surface area contributed by atoms with Gasteiger partial charge >= 0.3 is 0 Å². The van der Waals surface area contributed by atoms with Crippen LogP contribution in [0.3, 0.4) is 0 Å². The predicted molar refractivity (Wildman–Crippen MR) is 118 cm³/mol. The van der Waals surface area contributed by atoms with Crippen LogP contribution in [-0.2, 0) is 17.6 Å². The number of nitrogens with one attached hydrogen (secondary N) is 2. The van der Waals surface area contributed by atoms with Crippen LogP contribution in [0.25, 0.3) is 10.6 Å². The van der Waals surface area contributed by atoms with Crippen LogP contribution < -0.4 is 10.6 Å². The second kappa shape index (κ2) is 10.0. The van der Waals surface area contributed by atoms with Crippen LogP contribution >= 0.6 is 11.3 Å². The topological polar surface area (TPSA) is 124 Å². The fourth-order valence-electron chi connectivity index (χ4n) is 2.91. The van der Waals surface area contributed by atoms with Gasteiger partial charge in [-0.15, -0.1) is 11.3 Å². The lowest BCUT2D eigenvalue weighted by Gasteiger charge is -2.07. The number of thiazole rings is 1. The molecule has 0 saturated carbocycles. The first-order valence-corrected chi connectivity index (χ1v) is 10.7. The number of phenols is 2. The van der Waals surface area contributed by atoms with Gasteiger partial charge in [0, 0.05) is 24.0 Å². The van der Waals surface area contributed by atoms with E-state index in [-0.39, 0.29) is 29.9 Å².